The van der Waals surface area contributed by atoms with Crippen LogP contribution in [0.4, 0.5) is 0 Å². The Balaban J connectivity index is 2.57. The number of phenolic OH excluding ortho intramolecular Hbond substituents is 1. The standard InChI is InChI=1S/C16H23NO2S/c1-15(2,3)20-14-11-8-10(18)6-7-12(11)17-13(14)9-16(4,5)19/h6-8,17-19H,9H2,1-5H3. The van der Waals surface area contributed by atoms with Crippen LogP contribution in [0.5, 0.6) is 5.75 Å². The number of thioether (sulfide) groups is 1. The molecule has 1 heterocycles. The summed E-state index contributed by atoms with van der Waals surface area (Å²) in [6, 6.07) is 5.34. The molecule has 2 aromatic rings. The highest BCUT2D eigenvalue weighted by Crippen LogP contribution is 2.41. The minimum absolute atomic E-state index is 0.0644. The molecule has 0 saturated heterocycles. The highest BCUT2D eigenvalue weighted by atomic mass is 32.2. The molecule has 0 saturated carbocycles. The third kappa shape index (κ3) is 3.70. The first-order valence-corrected chi connectivity index (χ1v) is 7.62. The van der Waals surface area contributed by atoms with E-state index in [1.165, 1.54) is 0 Å². The van der Waals surface area contributed by atoms with Crippen LogP contribution in [-0.2, 0) is 6.42 Å². The van der Waals surface area contributed by atoms with Crippen molar-refractivity contribution >= 4 is 22.7 Å². The summed E-state index contributed by atoms with van der Waals surface area (Å²) in [5.74, 6) is 0.266. The van der Waals surface area contributed by atoms with Gasteiger partial charge in [-0.3, -0.25) is 0 Å². The van der Waals surface area contributed by atoms with Gasteiger partial charge in [0, 0.05) is 32.7 Å². The minimum atomic E-state index is -0.768. The Morgan fingerprint density at radius 2 is 1.80 bits per heavy atom. The average Bonchev–Trinajstić information content (AvgIpc) is 2.52. The van der Waals surface area contributed by atoms with Gasteiger partial charge in [0.15, 0.2) is 0 Å². The lowest BCUT2D eigenvalue weighted by molar-refractivity contribution is 0.0795. The number of fused-ring (bicyclic) bond motifs is 1. The van der Waals surface area contributed by atoms with Gasteiger partial charge >= 0.3 is 0 Å². The number of H-pyrrole nitrogens is 1. The Morgan fingerprint density at radius 3 is 2.35 bits per heavy atom. The molecule has 4 heteroatoms. The Morgan fingerprint density at radius 1 is 1.15 bits per heavy atom. The van der Waals surface area contributed by atoms with Gasteiger partial charge in [-0.2, -0.15) is 0 Å². The van der Waals surface area contributed by atoms with Crippen molar-refractivity contribution in [3.8, 4) is 5.75 Å². The second-order valence-electron chi connectivity index (χ2n) is 6.87. The number of aromatic hydroxyl groups is 1. The maximum absolute atomic E-state index is 10.1. The summed E-state index contributed by atoms with van der Waals surface area (Å²) in [5.41, 5.74) is 1.25. The summed E-state index contributed by atoms with van der Waals surface area (Å²) in [5, 5.41) is 20.8. The van der Waals surface area contributed by atoms with Crippen molar-refractivity contribution in [2.75, 3.05) is 0 Å². The summed E-state index contributed by atoms with van der Waals surface area (Å²) >= 11 is 1.76. The van der Waals surface area contributed by atoms with Crippen LogP contribution in [0.15, 0.2) is 23.1 Å². The van der Waals surface area contributed by atoms with Crippen molar-refractivity contribution < 1.29 is 10.2 Å². The van der Waals surface area contributed by atoms with Crippen LogP contribution in [0.3, 0.4) is 0 Å². The van der Waals surface area contributed by atoms with Gasteiger partial charge in [-0.25, -0.2) is 0 Å². The van der Waals surface area contributed by atoms with Gasteiger partial charge < -0.3 is 15.2 Å². The molecule has 3 nitrogen and oxygen atoms in total. The van der Waals surface area contributed by atoms with Crippen molar-refractivity contribution in [1.82, 2.24) is 4.98 Å². The number of hydrogen-bond donors (Lipinski definition) is 3. The van der Waals surface area contributed by atoms with Crippen LogP contribution in [-0.4, -0.2) is 25.5 Å². The summed E-state index contributed by atoms with van der Waals surface area (Å²) in [4.78, 5) is 4.49. The fourth-order valence-corrected chi connectivity index (χ4v) is 3.33. The minimum Gasteiger partial charge on any atom is -0.508 e. The van der Waals surface area contributed by atoms with Crippen molar-refractivity contribution in [2.45, 2.75) is 56.3 Å². The van der Waals surface area contributed by atoms with E-state index in [0.717, 1.165) is 21.5 Å². The summed E-state index contributed by atoms with van der Waals surface area (Å²) in [6.07, 6.45) is 0.556. The van der Waals surface area contributed by atoms with Gasteiger partial charge in [-0.1, -0.05) is 20.8 Å². The molecule has 0 bridgehead atoms. The highest BCUT2D eigenvalue weighted by Gasteiger charge is 2.23. The van der Waals surface area contributed by atoms with Crippen LogP contribution in [0, 0.1) is 0 Å². The third-order valence-electron chi connectivity index (χ3n) is 2.83. The number of hydrogen-bond acceptors (Lipinski definition) is 3. The molecule has 3 N–H and O–H groups in total. The quantitative estimate of drug-likeness (QED) is 0.747. The maximum atomic E-state index is 10.1. The number of benzene rings is 1. The maximum Gasteiger partial charge on any atom is 0.116 e. The van der Waals surface area contributed by atoms with E-state index in [1.807, 2.05) is 19.9 Å². The molecule has 0 unspecified atom stereocenters. The zero-order valence-corrected chi connectivity index (χ0v) is 13.6. The topological polar surface area (TPSA) is 56.2 Å². The molecule has 110 valence electrons. The van der Waals surface area contributed by atoms with Gasteiger partial charge in [0.25, 0.3) is 0 Å². The molecule has 0 spiro atoms. The van der Waals surface area contributed by atoms with Gasteiger partial charge in [0.1, 0.15) is 5.75 Å². The van der Waals surface area contributed by atoms with E-state index >= 15 is 0 Å². The monoisotopic (exact) mass is 293 g/mol. The van der Waals surface area contributed by atoms with Crippen molar-refractivity contribution in [3.63, 3.8) is 0 Å². The molecule has 0 aliphatic rings. The van der Waals surface area contributed by atoms with E-state index in [2.05, 4.69) is 25.8 Å². The van der Waals surface area contributed by atoms with E-state index < -0.39 is 5.60 Å². The van der Waals surface area contributed by atoms with Crippen LogP contribution in [0.2, 0.25) is 0 Å². The molecule has 1 aromatic heterocycles. The lowest BCUT2D eigenvalue weighted by Crippen LogP contribution is -2.22. The first-order valence-electron chi connectivity index (χ1n) is 6.80. The lowest BCUT2D eigenvalue weighted by Gasteiger charge is -2.21. The fraction of sp³-hybridized carbons (Fsp3) is 0.500. The van der Waals surface area contributed by atoms with Crippen LogP contribution < -0.4 is 0 Å². The van der Waals surface area contributed by atoms with Crippen LogP contribution >= 0.6 is 11.8 Å². The Bertz CT molecular complexity index is 618. The molecule has 0 radical (unpaired) electrons. The molecular weight excluding hydrogens is 270 g/mol. The molecule has 0 aliphatic carbocycles. The Labute approximate surface area is 124 Å². The number of aromatic amines is 1. The summed E-state index contributed by atoms with van der Waals surface area (Å²) in [6.45, 7) is 10.1. The number of aliphatic hydroxyl groups is 1. The lowest BCUT2D eigenvalue weighted by atomic mass is 10.0. The number of nitrogens with one attached hydrogen (secondary N) is 1. The van der Waals surface area contributed by atoms with E-state index in [0.29, 0.717) is 6.42 Å². The van der Waals surface area contributed by atoms with E-state index in [4.69, 9.17) is 0 Å². The smallest absolute Gasteiger partial charge is 0.116 e. The van der Waals surface area contributed by atoms with Crippen molar-refractivity contribution in [3.05, 3.63) is 23.9 Å². The average molecular weight is 293 g/mol. The Kier molecular flexibility index (Phi) is 3.82. The number of aromatic nitrogens is 1. The normalized spacial score (nSPS) is 13.1. The highest BCUT2D eigenvalue weighted by molar-refractivity contribution is 8.00. The van der Waals surface area contributed by atoms with Gasteiger partial charge in [0.2, 0.25) is 0 Å². The van der Waals surface area contributed by atoms with E-state index in [1.54, 1.807) is 23.9 Å². The largest absolute Gasteiger partial charge is 0.508 e. The zero-order chi connectivity index (χ0) is 15.1. The molecule has 20 heavy (non-hydrogen) atoms. The molecule has 0 atom stereocenters. The fourth-order valence-electron chi connectivity index (χ4n) is 2.19. The van der Waals surface area contributed by atoms with E-state index in [-0.39, 0.29) is 10.5 Å². The third-order valence-corrected chi connectivity index (χ3v) is 4.11. The van der Waals surface area contributed by atoms with E-state index in [9.17, 15) is 10.2 Å². The number of phenols is 1. The summed E-state index contributed by atoms with van der Waals surface area (Å²) in [7, 11) is 0. The predicted octanol–water partition coefficient (Wildman–Crippen LogP) is 4.08. The molecule has 0 amide bonds. The SMILES string of the molecule is CC(C)(O)Cc1[nH]c2ccc(O)cc2c1SC(C)(C)C. The number of rotatable bonds is 3. The summed E-state index contributed by atoms with van der Waals surface area (Å²) < 4.78 is 0.0644. The van der Waals surface area contributed by atoms with Gasteiger partial charge in [-0.15, -0.1) is 11.8 Å². The zero-order valence-electron chi connectivity index (χ0n) is 12.7. The molecule has 0 fully saturated rings. The molecule has 2 rings (SSSR count). The van der Waals surface area contributed by atoms with Crippen molar-refractivity contribution in [2.24, 2.45) is 0 Å². The first-order chi connectivity index (χ1) is 9.05. The van der Waals surface area contributed by atoms with Gasteiger partial charge in [-0.05, 0) is 32.0 Å². The molecule has 1 aromatic carbocycles. The molecule has 0 aliphatic heterocycles. The van der Waals surface area contributed by atoms with Crippen molar-refractivity contribution in [1.29, 1.82) is 0 Å². The van der Waals surface area contributed by atoms with Gasteiger partial charge in [0.05, 0.1) is 5.60 Å². The van der Waals surface area contributed by atoms with Crippen LogP contribution in [0.1, 0.15) is 40.3 Å². The predicted molar refractivity (Wildman–Crippen MR) is 85.6 cm³/mol. The Hall–Kier alpha value is -1.13. The molecular formula is C16H23NO2S. The first kappa shape index (κ1) is 15.3. The second kappa shape index (κ2) is 5.01. The van der Waals surface area contributed by atoms with Crippen LogP contribution in [0.25, 0.3) is 10.9 Å². The second-order valence-corrected chi connectivity index (χ2v) is 8.70.